The minimum atomic E-state index is -4.24. The molecule has 1 aliphatic heterocycles. The predicted octanol–water partition coefficient (Wildman–Crippen LogP) is 2.82. The molecule has 0 aromatic carbocycles. The predicted molar refractivity (Wildman–Crippen MR) is 70.7 cm³/mol. The molecule has 1 fully saturated rings. The van der Waals surface area contributed by atoms with Crippen LogP contribution >= 0.6 is 11.8 Å². The third-order valence-corrected chi connectivity index (χ3v) is 4.19. The average molecular weight is 298 g/mol. The molecular formula is C12H21F3N2OS. The first kappa shape index (κ1) is 16.6. The van der Waals surface area contributed by atoms with Gasteiger partial charge in [0.25, 0.3) is 0 Å². The van der Waals surface area contributed by atoms with E-state index >= 15 is 0 Å². The summed E-state index contributed by atoms with van der Waals surface area (Å²) in [7, 11) is 0. The van der Waals surface area contributed by atoms with Crippen molar-refractivity contribution < 1.29 is 18.0 Å². The fourth-order valence-electron chi connectivity index (χ4n) is 2.19. The molecule has 1 saturated heterocycles. The summed E-state index contributed by atoms with van der Waals surface area (Å²) in [4.78, 5) is 13.9. The summed E-state index contributed by atoms with van der Waals surface area (Å²) in [5, 5.41) is 3.25. The maximum atomic E-state index is 12.3. The Kier molecular flexibility index (Phi) is 5.17. The lowest BCUT2D eigenvalue weighted by molar-refractivity contribution is -0.133. The molecule has 1 aliphatic rings. The lowest BCUT2D eigenvalue weighted by Gasteiger charge is -2.27. The average Bonchev–Trinajstić information content (AvgIpc) is 2.53. The van der Waals surface area contributed by atoms with E-state index < -0.39 is 11.0 Å². The summed E-state index contributed by atoms with van der Waals surface area (Å²) in [6.45, 7) is 7.73. The number of halogens is 3. The second kappa shape index (κ2) is 5.91. The number of nitrogens with one attached hydrogen (secondary N) is 1. The van der Waals surface area contributed by atoms with Crippen molar-refractivity contribution in [2.24, 2.45) is 5.92 Å². The molecule has 1 heterocycles. The van der Waals surface area contributed by atoms with Crippen molar-refractivity contribution in [2.45, 2.75) is 51.3 Å². The van der Waals surface area contributed by atoms with Gasteiger partial charge in [0.1, 0.15) is 0 Å². The zero-order chi connectivity index (χ0) is 14.8. The van der Waals surface area contributed by atoms with Crippen molar-refractivity contribution >= 4 is 17.7 Å². The van der Waals surface area contributed by atoms with E-state index in [2.05, 4.69) is 5.32 Å². The normalized spacial score (nSPS) is 28.5. The summed E-state index contributed by atoms with van der Waals surface area (Å²) in [5.74, 6) is -0.0652. The molecule has 1 rings (SSSR count). The highest BCUT2D eigenvalue weighted by molar-refractivity contribution is 8.00. The van der Waals surface area contributed by atoms with Crippen LogP contribution in [0.1, 0.15) is 34.1 Å². The quantitative estimate of drug-likeness (QED) is 0.847. The number of thioether (sulfide) groups is 1. The van der Waals surface area contributed by atoms with Crippen molar-refractivity contribution in [3.8, 4) is 0 Å². The molecule has 0 bridgehead atoms. The van der Waals surface area contributed by atoms with Gasteiger partial charge >= 0.3 is 5.51 Å². The largest absolute Gasteiger partial charge is 0.441 e. The zero-order valence-electron chi connectivity index (χ0n) is 11.7. The molecule has 112 valence electrons. The first-order valence-corrected chi connectivity index (χ1v) is 7.38. The van der Waals surface area contributed by atoms with E-state index in [1.54, 1.807) is 4.90 Å². The Morgan fingerprint density at radius 1 is 1.47 bits per heavy atom. The van der Waals surface area contributed by atoms with E-state index in [0.29, 0.717) is 6.42 Å². The summed E-state index contributed by atoms with van der Waals surface area (Å²) < 4.78 is 36.4. The van der Waals surface area contributed by atoms with Crippen LogP contribution < -0.4 is 5.32 Å². The van der Waals surface area contributed by atoms with Crippen LogP contribution in [0.2, 0.25) is 0 Å². The minimum Gasteiger partial charge on any atom is -0.324 e. The van der Waals surface area contributed by atoms with Gasteiger partial charge in [0.05, 0.1) is 11.7 Å². The highest BCUT2D eigenvalue weighted by Crippen LogP contribution is 2.32. The summed E-state index contributed by atoms with van der Waals surface area (Å²) in [6.07, 6.45) is 0.434. The molecule has 2 atom stereocenters. The maximum absolute atomic E-state index is 12.3. The number of alkyl halides is 3. The molecule has 7 heteroatoms. The van der Waals surface area contributed by atoms with Crippen molar-refractivity contribution in [3.05, 3.63) is 0 Å². The summed E-state index contributed by atoms with van der Waals surface area (Å²) >= 11 is -0.0777. The van der Waals surface area contributed by atoms with Gasteiger partial charge in [-0.05, 0) is 31.0 Å². The molecule has 1 amide bonds. The summed E-state index contributed by atoms with van der Waals surface area (Å²) in [5.41, 5.74) is -4.89. The van der Waals surface area contributed by atoms with Gasteiger partial charge in [-0.3, -0.25) is 10.1 Å². The molecule has 0 aromatic rings. The van der Waals surface area contributed by atoms with Crippen molar-refractivity contribution in [2.75, 3.05) is 12.3 Å². The van der Waals surface area contributed by atoms with Crippen LogP contribution in [0.25, 0.3) is 0 Å². The van der Waals surface area contributed by atoms with Crippen LogP contribution in [0, 0.1) is 5.92 Å². The van der Waals surface area contributed by atoms with Crippen LogP contribution in [0.4, 0.5) is 13.2 Å². The number of carbonyl (C=O) groups is 1. The Bertz CT molecular complexity index is 335. The number of hydrogen-bond acceptors (Lipinski definition) is 3. The van der Waals surface area contributed by atoms with Gasteiger partial charge in [-0.25, -0.2) is 0 Å². The first-order valence-electron chi connectivity index (χ1n) is 6.40. The van der Waals surface area contributed by atoms with Crippen molar-refractivity contribution in [3.63, 3.8) is 0 Å². The van der Waals surface area contributed by atoms with Crippen LogP contribution in [0.3, 0.4) is 0 Å². The molecule has 3 nitrogen and oxygen atoms in total. The van der Waals surface area contributed by atoms with Crippen LogP contribution in [-0.2, 0) is 4.79 Å². The highest BCUT2D eigenvalue weighted by Gasteiger charge is 2.47. The zero-order valence-corrected chi connectivity index (χ0v) is 12.5. The van der Waals surface area contributed by atoms with Crippen molar-refractivity contribution in [1.82, 2.24) is 10.2 Å². The molecular weight excluding hydrogens is 277 g/mol. The SMILES string of the molecule is CCC1(C)NC(C(C)C)N(CCSC(F)(F)F)C1=O. The summed E-state index contributed by atoms with van der Waals surface area (Å²) in [6, 6.07) is 0. The van der Waals surface area contributed by atoms with E-state index in [0.717, 1.165) is 0 Å². The van der Waals surface area contributed by atoms with Gasteiger partial charge in [-0.1, -0.05) is 20.8 Å². The van der Waals surface area contributed by atoms with Gasteiger partial charge in [0.15, 0.2) is 0 Å². The Morgan fingerprint density at radius 3 is 2.47 bits per heavy atom. The second-order valence-corrected chi connectivity index (χ2v) is 6.47. The smallest absolute Gasteiger partial charge is 0.324 e. The third kappa shape index (κ3) is 4.02. The molecule has 0 spiro atoms. The van der Waals surface area contributed by atoms with Crippen LogP contribution in [0.5, 0.6) is 0 Å². The Labute approximate surface area is 116 Å². The molecule has 0 aliphatic carbocycles. The first-order chi connectivity index (χ1) is 8.60. The number of nitrogens with zero attached hydrogens (tertiary/aromatic N) is 1. The van der Waals surface area contributed by atoms with Gasteiger partial charge in [-0.15, -0.1) is 0 Å². The molecule has 1 N–H and O–H groups in total. The third-order valence-electron chi connectivity index (χ3n) is 3.47. The molecule has 19 heavy (non-hydrogen) atoms. The van der Waals surface area contributed by atoms with Gasteiger partial charge in [0.2, 0.25) is 5.91 Å². The number of hydrogen-bond donors (Lipinski definition) is 1. The molecule has 0 radical (unpaired) electrons. The highest BCUT2D eigenvalue weighted by atomic mass is 32.2. The maximum Gasteiger partial charge on any atom is 0.441 e. The van der Waals surface area contributed by atoms with E-state index in [1.807, 2.05) is 27.7 Å². The second-order valence-electron chi connectivity index (χ2n) is 5.31. The Morgan fingerprint density at radius 2 is 2.05 bits per heavy atom. The number of amides is 1. The molecule has 0 saturated carbocycles. The lowest BCUT2D eigenvalue weighted by Crippen LogP contribution is -2.45. The van der Waals surface area contributed by atoms with E-state index in [9.17, 15) is 18.0 Å². The fourth-order valence-corrected chi connectivity index (χ4v) is 2.71. The minimum absolute atomic E-state index is 0.0777. The van der Waals surface area contributed by atoms with Crippen LogP contribution in [0.15, 0.2) is 0 Å². The standard InChI is InChI=1S/C12H21F3N2OS/c1-5-11(4)10(18)17(9(16-11)8(2)3)6-7-19-12(13,14)15/h8-9,16H,5-7H2,1-4H3. The Balaban J connectivity index is 2.70. The Hall–Kier alpha value is -0.430. The molecule has 0 aromatic heterocycles. The molecule has 2 unspecified atom stereocenters. The van der Waals surface area contributed by atoms with E-state index in [4.69, 9.17) is 0 Å². The topological polar surface area (TPSA) is 32.3 Å². The lowest BCUT2D eigenvalue weighted by atomic mass is 9.99. The van der Waals surface area contributed by atoms with Crippen LogP contribution in [-0.4, -0.2) is 40.3 Å². The van der Waals surface area contributed by atoms with E-state index in [-0.39, 0.29) is 42.1 Å². The number of rotatable bonds is 5. The number of carbonyl (C=O) groups excluding carboxylic acids is 1. The van der Waals surface area contributed by atoms with Gasteiger partial charge < -0.3 is 4.90 Å². The van der Waals surface area contributed by atoms with E-state index in [1.165, 1.54) is 0 Å². The van der Waals surface area contributed by atoms with Crippen molar-refractivity contribution in [1.29, 1.82) is 0 Å². The van der Waals surface area contributed by atoms with Gasteiger partial charge in [0, 0.05) is 12.3 Å². The van der Waals surface area contributed by atoms with Gasteiger partial charge in [-0.2, -0.15) is 13.2 Å². The fraction of sp³-hybridized carbons (Fsp3) is 0.917. The monoisotopic (exact) mass is 298 g/mol.